The molecular weight excluding hydrogens is 929 g/mol. The lowest BCUT2D eigenvalue weighted by Crippen LogP contribution is -2.13. The van der Waals surface area contributed by atoms with Gasteiger partial charge in [-0.15, -0.1) is 0 Å². The predicted octanol–water partition coefficient (Wildman–Crippen LogP) is 13.1. The smallest absolute Gasteiger partial charge is 0.308 e. The van der Waals surface area contributed by atoms with Gasteiger partial charge in [0.15, 0.2) is 46.6 Å². The van der Waals surface area contributed by atoms with Crippen molar-refractivity contribution >= 4 is 43.6 Å². The van der Waals surface area contributed by atoms with Gasteiger partial charge in [0.2, 0.25) is 5.82 Å². The first kappa shape index (κ1) is 43.0. The van der Waals surface area contributed by atoms with E-state index in [0.29, 0.717) is 55.9 Å². The van der Waals surface area contributed by atoms with E-state index < -0.39 is 63.3 Å². The Bertz CT molecular complexity index is 3650. The Morgan fingerprint density at radius 3 is 0.859 bits per heavy atom. The second kappa shape index (κ2) is 16.4. The first-order valence-electron chi connectivity index (χ1n) is 21.5. The molecule has 6 aromatic carbocycles. The average Bonchev–Trinajstić information content (AvgIpc) is 3.91. The largest absolute Gasteiger partial charge is 0.416 e. The van der Waals surface area contributed by atoms with Crippen LogP contribution in [0.4, 0.5) is 35.1 Å². The van der Waals surface area contributed by atoms with Gasteiger partial charge in [-0.1, -0.05) is 48.5 Å². The summed E-state index contributed by atoms with van der Waals surface area (Å²) in [5, 5.41) is 1.72. The first-order valence-corrected chi connectivity index (χ1v) is 21.5. The van der Waals surface area contributed by atoms with E-state index in [1.54, 1.807) is 97.1 Å². The van der Waals surface area contributed by atoms with Crippen molar-refractivity contribution in [2.45, 2.75) is 6.18 Å². The molecule has 6 aromatic heterocycles. The molecule has 0 bridgehead atoms. The quantitative estimate of drug-likeness (QED) is 0.0882. The van der Waals surface area contributed by atoms with Crippen LogP contribution < -0.4 is 0 Å². The second-order valence-corrected chi connectivity index (χ2v) is 16.2. The van der Waals surface area contributed by atoms with Crippen molar-refractivity contribution in [3.63, 3.8) is 0 Å². The molecule has 0 spiro atoms. The molecule has 12 aromatic rings. The van der Waals surface area contributed by atoms with Crippen molar-refractivity contribution in [1.29, 1.82) is 0 Å². The van der Waals surface area contributed by atoms with Crippen molar-refractivity contribution in [3.05, 3.63) is 193 Å². The number of benzene rings is 6. The minimum Gasteiger partial charge on any atom is -0.308 e. The number of halogens is 8. The SMILES string of the molecule is Fc1c(F)c(F)c(-c2c(-n3c4cc(-c5ncccn5)ccc4c4ccc(-c5ncccn5)cc43)cc(C(F)(F)F)cc2-n2c3cc(-c4ncccn4)ccc3c3ccc(-c4ncccn4)cc32)c(F)c1F. The van der Waals surface area contributed by atoms with Crippen LogP contribution in [0.25, 0.3) is 112 Å². The number of aromatic nitrogens is 10. The number of alkyl halides is 3. The average molecular weight is 955 g/mol. The third kappa shape index (κ3) is 7.01. The van der Waals surface area contributed by atoms with E-state index in [9.17, 15) is 0 Å². The Morgan fingerprint density at radius 1 is 0.324 bits per heavy atom. The molecule has 71 heavy (non-hydrogen) atoms. The fraction of sp³-hybridized carbons (Fsp3) is 0.0189. The monoisotopic (exact) mass is 954 g/mol. The minimum atomic E-state index is -5.19. The Labute approximate surface area is 394 Å². The molecule has 6 heterocycles. The third-order valence-electron chi connectivity index (χ3n) is 12.2. The van der Waals surface area contributed by atoms with Crippen molar-refractivity contribution in [2.24, 2.45) is 0 Å². The molecule has 0 aliphatic heterocycles. The molecular formula is C53H26F8N10. The zero-order valence-corrected chi connectivity index (χ0v) is 36.0. The molecule has 0 amide bonds. The van der Waals surface area contributed by atoms with Gasteiger partial charge in [-0.2, -0.15) is 13.2 Å². The van der Waals surface area contributed by atoms with E-state index in [2.05, 4.69) is 39.9 Å². The van der Waals surface area contributed by atoms with Gasteiger partial charge in [0, 0.05) is 98.9 Å². The summed E-state index contributed by atoms with van der Waals surface area (Å²) in [5.74, 6) is -10.8. The Balaban J connectivity index is 1.31. The molecule has 0 atom stereocenters. The summed E-state index contributed by atoms with van der Waals surface area (Å²) in [6.45, 7) is 0. The summed E-state index contributed by atoms with van der Waals surface area (Å²) < 4.78 is 131. The van der Waals surface area contributed by atoms with Crippen LogP contribution in [-0.2, 0) is 6.18 Å². The van der Waals surface area contributed by atoms with Crippen LogP contribution in [-0.4, -0.2) is 49.0 Å². The molecule has 10 nitrogen and oxygen atoms in total. The summed E-state index contributed by atoms with van der Waals surface area (Å²) in [6, 6.07) is 27.4. The highest BCUT2D eigenvalue weighted by atomic mass is 19.4. The van der Waals surface area contributed by atoms with Crippen LogP contribution >= 0.6 is 0 Å². The maximum Gasteiger partial charge on any atom is 0.416 e. The number of nitrogens with zero attached hydrogens (tertiary/aromatic N) is 10. The maximum atomic E-state index is 17.0. The number of hydrogen-bond donors (Lipinski definition) is 0. The number of hydrogen-bond acceptors (Lipinski definition) is 8. The molecule has 344 valence electrons. The van der Waals surface area contributed by atoms with E-state index in [0.717, 1.165) is 0 Å². The Hall–Kier alpha value is -9.32. The van der Waals surface area contributed by atoms with E-state index in [1.165, 1.54) is 58.7 Å². The maximum absolute atomic E-state index is 17.0. The van der Waals surface area contributed by atoms with E-state index in [1.807, 2.05) is 0 Å². The van der Waals surface area contributed by atoms with E-state index in [4.69, 9.17) is 0 Å². The summed E-state index contributed by atoms with van der Waals surface area (Å²) in [5.41, 5.74) is -2.72. The summed E-state index contributed by atoms with van der Waals surface area (Å²) in [6.07, 6.45) is 6.74. The van der Waals surface area contributed by atoms with E-state index >= 15 is 35.1 Å². The molecule has 0 unspecified atom stereocenters. The minimum absolute atomic E-state index is 0.153. The van der Waals surface area contributed by atoms with Crippen LogP contribution in [0.2, 0.25) is 0 Å². The van der Waals surface area contributed by atoms with Crippen molar-refractivity contribution in [1.82, 2.24) is 49.0 Å². The second-order valence-electron chi connectivity index (χ2n) is 16.2. The van der Waals surface area contributed by atoms with Gasteiger partial charge in [0.05, 0.1) is 44.6 Å². The van der Waals surface area contributed by atoms with Gasteiger partial charge in [0.1, 0.15) is 0 Å². The first-order chi connectivity index (χ1) is 34.4. The normalized spacial score (nSPS) is 11.9. The number of fused-ring (bicyclic) bond motifs is 6. The van der Waals surface area contributed by atoms with Gasteiger partial charge < -0.3 is 9.13 Å². The molecule has 0 fully saturated rings. The molecule has 0 N–H and O–H groups in total. The highest BCUT2D eigenvalue weighted by Crippen LogP contribution is 2.48. The van der Waals surface area contributed by atoms with Crippen molar-refractivity contribution in [2.75, 3.05) is 0 Å². The molecule has 0 aliphatic rings. The topological polar surface area (TPSA) is 113 Å². The van der Waals surface area contributed by atoms with Gasteiger partial charge in [-0.25, -0.2) is 61.8 Å². The highest BCUT2D eigenvalue weighted by molar-refractivity contribution is 6.14. The molecule has 0 saturated carbocycles. The van der Waals surface area contributed by atoms with Crippen LogP contribution in [0.1, 0.15) is 5.56 Å². The molecule has 0 saturated heterocycles. The number of rotatable bonds is 7. The molecule has 0 radical (unpaired) electrons. The lowest BCUT2D eigenvalue weighted by molar-refractivity contribution is -0.137. The van der Waals surface area contributed by atoms with Gasteiger partial charge in [-0.3, -0.25) is 0 Å². The fourth-order valence-electron chi connectivity index (χ4n) is 9.11. The van der Waals surface area contributed by atoms with Gasteiger partial charge >= 0.3 is 6.18 Å². The Morgan fingerprint density at radius 2 is 0.592 bits per heavy atom. The third-order valence-corrected chi connectivity index (χ3v) is 12.2. The van der Waals surface area contributed by atoms with Crippen LogP contribution in [0.5, 0.6) is 0 Å². The van der Waals surface area contributed by atoms with Crippen LogP contribution in [0, 0.1) is 29.1 Å². The summed E-state index contributed by atoms with van der Waals surface area (Å²) in [4.78, 5) is 34.9. The summed E-state index contributed by atoms with van der Waals surface area (Å²) >= 11 is 0. The van der Waals surface area contributed by atoms with Gasteiger partial charge in [-0.05, 0) is 60.7 Å². The van der Waals surface area contributed by atoms with Crippen molar-refractivity contribution in [3.8, 4) is 68.1 Å². The zero-order chi connectivity index (χ0) is 48.7. The fourth-order valence-corrected chi connectivity index (χ4v) is 9.11. The zero-order valence-electron chi connectivity index (χ0n) is 36.0. The summed E-state index contributed by atoms with van der Waals surface area (Å²) in [7, 11) is 0. The van der Waals surface area contributed by atoms with Gasteiger partial charge in [0.25, 0.3) is 0 Å². The lowest BCUT2D eigenvalue weighted by atomic mass is 9.96. The van der Waals surface area contributed by atoms with Crippen molar-refractivity contribution < 1.29 is 35.1 Å². The lowest BCUT2D eigenvalue weighted by Gasteiger charge is -2.23. The molecule has 12 rings (SSSR count). The Kier molecular flexibility index (Phi) is 9.95. The standard InChI is InChI=1S/C53H26F8N10/c54-44-43(45(55)47(57)48(58)46(44)56)42-40(70-36-21-27(49-62-13-1-14-63-49)5-9-32(36)33-10-6-28(22-37(33)70)50-64-15-2-16-65-50)25-31(53(59,60)61)26-41(42)71-38-23-29(51-66-17-3-18-67-51)7-11-34(38)35-12-8-30(24-39(35)71)52-68-19-4-20-69-52/h1-26H. The highest BCUT2D eigenvalue weighted by Gasteiger charge is 2.37. The molecule has 18 heteroatoms. The van der Waals surface area contributed by atoms with Crippen LogP contribution in [0.15, 0.2) is 159 Å². The van der Waals surface area contributed by atoms with Crippen LogP contribution in [0.3, 0.4) is 0 Å². The molecule has 0 aliphatic carbocycles. The van der Waals surface area contributed by atoms with E-state index in [-0.39, 0.29) is 45.4 Å². The predicted molar refractivity (Wildman–Crippen MR) is 249 cm³/mol.